The highest BCUT2D eigenvalue weighted by molar-refractivity contribution is 7.98. The number of H-pyrrole nitrogens is 1. The third-order valence-corrected chi connectivity index (χ3v) is 3.28. The molecule has 0 bridgehead atoms. The lowest BCUT2D eigenvalue weighted by Gasteiger charge is -2.03. The van der Waals surface area contributed by atoms with Crippen LogP contribution in [-0.2, 0) is 5.75 Å². The lowest BCUT2D eigenvalue weighted by atomic mass is 10.2. The van der Waals surface area contributed by atoms with E-state index in [0.717, 1.165) is 11.3 Å². The Morgan fingerprint density at radius 1 is 1.39 bits per heavy atom. The topological polar surface area (TPSA) is 67.9 Å². The van der Waals surface area contributed by atoms with Crippen molar-refractivity contribution in [1.82, 2.24) is 15.2 Å². The summed E-state index contributed by atoms with van der Waals surface area (Å²) in [5.74, 6) is 1.52. The number of thioether (sulfide) groups is 1. The molecule has 1 aromatic carbocycles. The fourth-order valence-electron chi connectivity index (χ4n) is 1.36. The maximum atomic E-state index is 11.4. The summed E-state index contributed by atoms with van der Waals surface area (Å²) in [7, 11) is 1.63. The second-order valence-corrected chi connectivity index (χ2v) is 4.65. The van der Waals surface area contributed by atoms with Crippen LogP contribution in [0.1, 0.15) is 11.3 Å². The van der Waals surface area contributed by atoms with Gasteiger partial charge in [-0.15, -0.1) is 10.2 Å². The zero-order valence-electron chi connectivity index (χ0n) is 10.1. The van der Waals surface area contributed by atoms with Crippen molar-refractivity contribution in [2.45, 2.75) is 17.8 Å². The molecule has 0 unspecified atom stereocenters. The zero-order chi connectivity index (χ0) is 13.0. The van der Waals surface area contributed by atoms with Crippen molar-refractivity contribution in [2.24, 2.45) is 0 Å². The Bertz CT molecular complexity index is 598. The fourth-order valence-corrected chi connectivity index (χ4v) is 2.10. The summed E-state index contributed by atoms with van der Waals surface area (Å²) in [6.45, 7) is 1.63. The molecule has 2 aromatic rings. The van der Waals surface area contributed by atoms with Crippen LogP contribution in [0.5, 0.6) is 5.75 Å². The van der Waals surface area contributed by atoms with Crippen molar-refractivity contribution < 1.29 is 4.74 Å². The van der Waals surface area contributed by atoms with Crippen LogP contribution in [-0.4, -0.2) is 22.3 Å². The Hall–Kier alpha value is -1.82. The molecule has 0 atom stereocenters. The molecule has 1 N–H and O–H groups in total. The summed E-state index contributed by atoms with van der Waals surface area (Å²) in [5.41, 5.74) is 1.28. The molecule has 0 spiro atoms. The Labute approximate surface area is 109 Å². The van der Waals surface area contributed by atoms with Gasteiger partial charge in [-0.25, -0.2) is 0 Å². The molecule has 94 valence electrons. The summed E-state index contributed by atoms with van der Waals surface area (Å²) < 4.78 is 5.15. The van der Waals surface area contributed by atoms with Gasteiger partial charge in [-0.05, 0) is 24.6 Å². The van der Waals surface area contributed by atoms with Gasteiger partial charge in [0.1, 0.15) is 11.4 Å². The Morgan fingerprint density at radius 3 is 2.94 bits per heavy atom. The van der Waals surface area contributed by atoms with Gasteiger partial charge < -0.3 is 4.74 Å². The number of aromatic amines is 1. The molecule has 0 aliphatic rings. The molecular formula is C12H13N3O2S. The molecule has 6 heteroatoms. The highest BCUT2D eigenvalue weighted by Crippen LogP contribution is 2.20. The monoisotopic (exact) mass is 263 g/mol. The van der Waals surface area contributed by atoms with Gasteiger partial charge in [0.2, 0.25) is 0 Å². The van der Waals surface area contributed by atoms with E-state index in [1.807, 2.05) is 24.3 Å². The van der Waals surface area contributed by atoms with Crippen LogP contribution in [0, 0.1) is 6.92 Å². The maximum Gasteiger partial charge on any atom is 0.273 e. The standard InChI is InChI=1S/C12H13N3O2S/c1-8-11(16)13-12(15-14-8)18-7-9-4-3-5-10(6-9)17-2/h3-6H,7H2,1-2H3,(H,13,15,16). The minimum absolute atomic E-state index is 0.196. The van der Waals surface area contributed by atoms with Gasteiger partial charge in [-0.3, -0.25) is 9.78 Å². The molecule has 5 nitrogen and oxygen atoms in total. The first-order chi connectivity index (χ1) is 8.69. The number of ether oxygens (including phenoxy) is 1. The molecular weight excluding hydrogens is 250 g/mol. The van der Waals surface area contributed by atoms with Crippen molar-refractivity contribution in [3.63, 3.8) is 0 Å². The van der Waals surface area contributed by atoms with E-state index in [2.05, 4.69) is 15.2 Å². The molecule has 0 amide bonds. The first-order valence-corrected chi connectivity index (χ1v) is 6.37. The molecule has 0 saturated carbocycles. The highest BCUT2D eigenvalue weighted by Gasteiger charge is 2.02. The molecule has 2 rings (SSSR count). The van der Waals surface area contributed by atoms with Crippen LogP contribution in [0.3, 0.4) is 0 Å². The van der Waals surface area contributed by atoms with E-state index in [1.165, 1.54) is 11.8 Å². The third-order valence-electron chi connectivity index (χ3n) is 2.35. The second kappa shape index (κ2) is 5.68. The number of rotatable bonds is 4. The lowest BCUT2D eigenvalue weighted by Crippen LogP contribution is -2.14. The van der Waals surface area contributed by atoms with Gasteiger partial charge in [0.05, 0.1) is 7.11 Å². The molecule has 0 fully saturated rings. The maximum absolute atomic E-state index is 11.4. The number of methoxy groups -OCH3 is 1. The summed E-state index contributed by atoms with van der Waals surface area (Å²) in [6, 6.07) is 7.77. The first-order valence-electron chi connectivity index (χ1n) is 5.38. The van der Waals surface area contributed by atoms with E-state index in [9.17, 15) is 4.79 Å². The number of nitrogens with zero attached hydrogens (tertiary/aromatic N) is 2. The number of aryl methyl sites for hydroxylation is 1. The average Bonchev–Trinajstić information content (AvgIpc) is 2.40. The van der Waals surface area contributed by atoms with E-state index >= 15 is 0 Å². The normalized spacial score (nSPS) is 10.3. The van der Waals surface area contributed by atoms with Crippen LogP contribution in [0.15, 0.2) is 34.2 Å². The molecule has 0 radical (unpaired) electrons. The van der Waals surface area contributed by atoms with Gasteiger partial charge in [0.15, 0.2) is 5.16 Å². The predicted octanol–water partition coefficient (Wildman–Crippen LogP) is 1.77. The quantitative estimate of drug-likeness (QED) is 0.851. The third kappa shape index (κ3) is 3.10. The minimum atomic E-state index is -0.196. The van der Waals surface area contributed by atoms with Crippen molar-refractivity contribution in [1.29, 1.82) is 0 Å². The number of hydrogen-bond acceptors (Lipinski definition) is 5. The summed E-state index contributed by atoms with van der Waals surface area (Å²) in [4.78, 5) is 14.0. The largest absolute Gasteiger partial charge is 0.497 e. The van der Waals surface area contributed by atoms with Gasteiger partial charge in [0, 0.05) is 5.75 Å². The summed E-state index contributed by atoms with van der Waals surface area (Å²) >= 11 is 1.43. The predicted molar refractivity (Wildman–Crippen MR) is 69.9 cm³/mol. The zero-order valence-corrected chi connectivity index (χ0v) is 11.0. The number of nitrogens with one attached hydrogen (secondary N) is 1. The Morgan fingerprint density at radius 2 is 2.22 bits per heavy atom. The smallest absolute Gasteiger partial charge is 0.273 e. The van der Waals surface area contributed by atoms with Crippen LogP contribution >= 0.6 is 11.8 Å². The Balaban J connectivity index is 2.06. The van der Waals surface area contributed by atoms with Crippen LogP contribution < -0.4 is 10.3 Å². The van der Waals surface area contributed by atoms with E-state index in [0.29, 0.717) is 16.6 Å². The van der Waals surface area contributed by atoms with Crippen molar-refractivity contribution in [3.05, 3.63) is 45.9 Å². The van der Waals surface area contributed by atoms with Gasteiger partial charge in [0.25, 0.3) is 5.56 Å². The van der Waals surface area contributed by atoms with E-state index in [-0.39, 0.29) is 5.56 Å². The van der Waals surface area contributed by atoms with Crippen LogP contribution in [0.4, 0.5) is 0 Å². The molecule has 0 aliphatic heterocycles. The van der Waals surface area contributed by atoms with Crippen molar-refractivity contribution in [3.8, 4) is 5.75 Å². The lowest BCUT2D eigenvalue weighted by molar-refractivity contribution is 0.414. The summed E-state index contributed by atoms with van der Waals surface area (Å²) in [5, 5.41) is 8.23. The highest BCUT2D eigenvalue weighted by atomic mass is 32.2. The van der Waals surface area contributed by atoms with Crippen LogP contribution in [0.2, 0.25) is 0 Å². The number of benzene rings is 1. The second-order valence-electron chi connectivity index (χ2n) is 3.68. The first kappa shape index (κ1) is 12.6. The van der Waals surface area contributed by atoms with E-state index in [1.54, 1.807) is 14.0 Å². The fraction of sp³-hybridized carbons (Fsp3) is 0.250. The molecule has 1 heterocycles. The minimum Gasteiger partial charge on any atom is -0.497 e. The molecule has 0 aliphatic carbocycles. The van der Waals surface area contributed by atoms with Gasteiger partial charge in [-0.1, -0.05) is 23.9 Å². The van der Waals surface area contributed by atoms with Crippen molar-refractivity contribution in [2.75, 3.05) is 7.11 Å². The molecule has 0 saturated heterocycles. The SMILES string of the molecule is COc1cccc(CSc2nnc(C)c(=O)[nH]2)c1. The molecule has 1 aromatic heterocycles. The van der Waals surface area contributed by atoms with E-state index < -0.39 is 0 Å². The Kier molecular flexibility index (Phi) is 3.99. The van der Waals surface area contributed by atoms with E-state index in [4.69, 9.17) is 4.74 Å². The number of hydrogen-bond donors (Lipinski definition) is 1. The van der Waals surface area contributed by atoms with Crippen LogP contribution in [0.25, 0.3) is 0 Å². The molecule has 18 heavy (non-hydrogen) atoms. The van der Waals surface area contributed by atoms with Crippen molar-refractivity contribution >= 4 is 11.8 Å². The summed E-state index contributed by atoms with van der Waals surface area (Å²) in [6.07, 6.45) is 0. The van der Waals surface area contributed by atoms with Gasteiger partial charge in [-0.2, -0.15) is 0 Å². The van der Waals surface area contributed by atoms with Gasteiger partial charge >= 0.3 is 0 Å². The average molecular weight is 263 g/mol. The number of aromatic nitrogens is 3.